The molecule has 2 aromatic carbocycles. The minimum atomic E-state index is -0.144. The highest BCUT2D eigenvalue weighted by Crippen LogP contribution is 2.16. The highest BCUT2D eigenvalue weighted by atomic mass is 16.5. The molecule has 2 heterocycles. The lowest BCUT2D eigenvalue weighted by Crippen LogP contribution is -2.22. The number of benzene rings is 2. The number of nitrogens with zero attached hydrogens (tertiary/aromatic N) is 2. The monoisotopic (exact) mass is 401 g/mol. The van der Waals surface area contributed by atoms with Crippen molar-refractivity contribution < 1.29 is 14.3 Å². The predicted molar refractivity (Wildman–Crippen MR) is 114 cm³/mol. The molecule has 0 aliphatic heterocycles. The van der Waals surface area contributed by atoms with E-state index in [1.54, 1.807) is 19.2 Å². The van der Waals surface area contributed by atoms with Crippen LogP contribution >= 0.6 is 0 Å². The number of ether oxygens (including phenoxy) is 2. The highest BCUT2D eigenvalue weighted by Gasteiger charge is 2.08. The molecule has 0 saturated carbocycles. The molecule has 0 bridgehead atoms. The zero-order valence-corrected chi connectivity index (χ0v) is 16.7. The second-order valence-corrected chi connectivity index (χ2v) is 6.95. The maximum absolute atomic E-state index is 12.5. The first-order chi connectivity index (χ1) is 14.7. The SMILES string of the molecule is COCc1ccc(CNC(=O)c2cccc(OCc3cn4ccccc4n3)c2)cc1. The van der Waals surface area contributed by atoms with Gasteiger partial charge in [-0.25, -0.2) is 4.98 Å². The van der Waals surface area contributed by atoms with Crippen LogP contribution in [-0.2, 0) is 24.5 Å². The van der Waals surface area contributed by atoms with Gasteiger partial charge in [0.25, 0.3) is 5.91 Å². The number of aromatic nitrogens is 2. The number of fused-ring (bicyclic) bond motifs is 1. The molecule has 4 rings (SSSR count). The van der Waals surface area contributed by atoms with Gasteiger partial charge in [0.1, 0.15) is 18.0 Å². The molecular weight excluding hydrogens is 378 g/mol. The van der Waals surface area contributed by atoms with Crippen LogP contribution in [-0.4, -0.2) is 22.4 Å². The normalized spacial score (nSPS) is 10.8. The van der Waals surface area contributed by atoms with E-state index in [9.17, 15) is 4.79 Å². The Kier molecular flexibility index (Phi) is 6.06. The van der Waals surface area contributed by atoms with Crippen LogP contribution in [0.2, 0.25) is 0 Å². The summed E-state index contributed by atoms with van der Waals surface area (Å²) in [5.41, 5.74) is 4.39. The average Bonchev–Trinajstić information content (AvgIpc) is 3.20. The second kappa shape index (κ2) is 9.24. The summed E-state index contributed by atoms with van der Waals surface area (Å²) >= 11 is 0. The zero-order chi connectivity index (χ0) is 20.8. The van der Waals surface area contributed by atoms with Crippen molar-refractivity contribution >= 4 is 11.6 Å². The van der Waals surface area contributed by atoms with Crippen LogP contribution in [0, 0.1) is 0 Å². The summed E-state index contributed by atoms with van der Waals surface area (Å²) in [4.78, 5) is 17.0. The van der Waals surface area contributed by atoms with E-state index < -0.39 is 0 Å². The van der Waals surface area contributed by atoms with Crippen LogP contribution < -0.4 is 10.1 Å². The van der Waals surface area contributed by atoms with Crippen molar-refractivity contribution in [2.45, 2.75) is 19.8 Å². The number of nitrogens with one attached hydrogen (secondary N) is 1. The largest absolute Gasteiger partial charge is 0.487 e. The number of pyridine rings is 1. The summed E-state index contributed by atoms with van der Waals surface area (Å²) in [6.07, 6.45) is 3.88. The molecule has 6 heteroatoms. The first-order valence-electron chi connectivity index (χ1n) is 9.72. The van der Waals surface area contributed by atoms with Crippen molar-refractivity contribution in [2.24, 2.45) is 0 Å². The molecule has 4 aromatic rings. The minimum absolute atomic E-state index is 0.144. The van der Waals surface area contributed by atoms with Gasteiger partial charge in [0.15, 0.2) is 0 Å². The summed E-state index contributed by atoms with van der Waals surface area (Å²) in [6, 6.07) is 21.0. The van der Waals surface area contributed by atoms with Crippen molar-refractivity contribution in [3.63, 3.8) is 0 Å². The van der Waals surface area contributed by atoms with E-state index in [0.29, 0.717) is 31.1 Å². The van der Waals surface area contributed by atoms with Gasteiger partial charge in [-0.15, -0.1) is 0 Å². The summed E-state index contributed by atoms with van der Waals surface area (Å²) in [5, 5.41) is 2.94. The standard InChI is InChI=1S/C24H23N3O3/c1-29-16-19-10-8-18(9-11-19)14-25-24(28)20-5-4-6-22(13-20)30-17-21-15-27-12-3-2-7-23(27)26-21/h2-13,15H,14,16-17H2,1H3,(H,25,28). The number of methoxy groups -OCH3 is 1. The van der Waals surface area contributed by atoms with Gasteiger partial charge in [0, 0.05) is 31.6 Å². The highest BCUT2D eigenvalue weighted by molar-refractivity contribution is 5.94. The molecule has 0 saturated heterocycles. The second-order valence-electron chi connectivity index (χ2n) is 6.95. The molecule has 0 unspecified atom stereocenters. The summed E-state index contributed by atoms with van der Waals surface area (Å²) < 4.78 is 12.9. The van der Waals surface area contributed by atoms with Crippen LogP contribution in [0.15, 0.2) is 79.1 Å². The van der Waals surface area contributed by atoms with Gasteiger partial charge in [0.2, 0.25) is 0 Å². The maximum atomic E-state index is 12.5. The molecule has 1 N–H and O–H groups in total. The fraction of sp³-hybridized carbons (Fsp3) is 0.167. The van der Waals surface area contributed by atoms with Crippen LogP contribution in [0.25, 0.3) is 5.65 Å². The van der Waals surface area contributed by atoms with Gasteiger partial charge in [-0.2, -0.15) is 0 Å². The Morgan fingerprint density at radius 1 is 1.00 bits per heavy atom. The molecular formula is C24H23N3O3. The first kappa shape index (κ1) is 19.7. The van der Waals surface area contributed by atoms with Crippen molar-refractivity contribution in [3.8, 4) is 5.75 Å². The topological polar surface area (TPSA) is 64.9 Å². The Morgan fingerprint density at radius 2 is 1.83 bits per heavy atom. The molecule has 6 nitrogen and oxygen atoms in total. The number of hydrogen-bond donors (Lipinski definition) is 1. The Hall–Kier alpha value is -3.64. The lowest BCUT2D eigenvalue weighted by atomic mass is 10.1. The smallest absolute Gasteiger partial charge is 0.251 e. The predicted octanol–water partition coefficient (Wildman–Crippen LogP) is 3.99. The summed E-state index contributed by atoms with van der Waals surface area (Å²) in [6.45, 7) is 1.37. The molecule has 0 radical (unpaired) electrons. The molecule has 0 fully saturated rings. The van der Waals surface area contributed by atoms with Crippen LogP contribution in [0.4, 0.5) is 0 Å². The summed E-state index contributed by atoms with van der Waals surface area (Å²) in [7, 11) is 1.67. The Bertz CT molecular complexity index is 1100. The maximum Gasteiger partial charge on any atom is 0.251 e. The van der Waals surface area contributed by atoms with Crippen molar-refractivity contribution in [2.75, 3.05) is 7.11 Å². The van der Waals surface area contributed by atoms with E-state index in [1.165, 1.54) is 0 Å². The number of carbonyl (C=O) groups excluding carboxylic acids is 1. The molecule has 1 amide bonds. The van der Waals surface area contributed by atoms with E-state index >= 15 is 0 Å². The quantitative estimate of drug-likeness (QED) is 0.485. The molecule has 0 spiro atoms. The van der Waals surface area contributed by atoms with Crippen LogP contribution in [0.3, 0.4) is 0 Å². The molecule has 30 heavy (non-hydrogen) atoms. The fourth-order valence-corrected chi connectivity index (χ4v) is 3.15. The van der Waals surface area contributed by atoms with Crippen molar-refractivity contribution in [1.82, 2.24) is 14.7 Å². The third-order valence-electron chi connectivity index (χ3n) is 4.68. The zero-order valence-electron chi connectivity index (χ0n) is 16.7. The lowest BCUT2D eigenvalue weighted by molar-refractivity contribution is 0.0950. The van der Waals surface area contributed by atoms with Gasteiger partial charge >= 0.3 is 0 Å². The molecule has 2 aromatic heterocycles. The van der Waals surface area contributed by atoms with Gasteiger partial charge in [-0.3, -0.25) is 4.79 Å². The van der Waals surface area contributed by atoms with E-state index in [1.807, 2.05) is 71.4 Å². The van der Waals surface area contributed by atoms with Crippen LogP contribution in [0.1, 0.15) is 27.2 Å². The van der Waals surface area contributed by atoms with Gasteiger partial charge in [0.05, 0.1) is 12.3 Å². The van der Waals surface area contributed by atoms with E-state index in [2.05, 4.69) is 10.3 Å². The van der Waals surface area contributed by atoms with Gasteiger partial charge in [-0.05, 0) is 41.5 Å². The lowest BCUT2D eigenvalue weighted by Gasteiger charge is -2.09. The number of amides is 1. The van der Waals surface area contributed by atoms with Gasteiger partial charge in [-0.1, -0.05) is 36.4 Å². The number of imidazole rings is 1. The molecule has 0 aliphatic carbocycles. The fourth-order valence-electron chi connectivity index (χ4n) is 3.15. The first-order valence-corrected chi connectivity index (χ1v) is 9.72. The number of carbonyl (C=O) groups is 1. The average molecular weight is 401 g/mol. The number of hydrogen-bond acceptors (Lipinski definition) is 4. The molecule has 152 valence electrons. The van der Waals surface area contributed by atoms with E-state index in [-0.39, 0.29) is 5.91 Å². The minimum Gasteiger partial charge on any atom is -0.487 e. The third kappa shape index (κ3) is 4.85. The molecule has 0 aliphatic rings. The van der Waals surface area contributed by atoms with Crippen LogP contribution in [0.5, 0.6) is 5.75 Å². The molecule has 0 atom stereocenters. The Labute approximate surface area is 175 Å². The van der Waals surface area contributed by atoms with Crippen molar-refractivity contribution in [1.29, 1.82) is 0 Å². The Balaban J connectivity index is 1.34. The summed E-state index contributed by atoms with van der Waals surface area (Å²) in [5.74, 6) is 0.484. The third-order valence-corrected chi connectivity index (χ3v) is 4.68. The van der Waals surface area contributed by atoms with Crippen molar-refractivity contribution in [3.05, 3.63) is 102 Å². The van der Waals surface area contributed by atoms with E-state index in [0.717, 1.165) is 22.5 Å². The Morgan fingerprint density at radius 3 is 2.63 bits per heavy atom. The van der Waals surface area contributed by atoms with Gasteiger partial charge < -0.3 is 19.2 Å². The van der Waals surface area contributed by atoms with E-state index in [4.69, 9.17) is 9.47 Å². The number of rotatable bonds is 8.